The van der Waals surface area contributed by atoms with Crippen molar-refractivity contribution in [3.05, 3.63) is 64.8 Å². The minimum atomic E-state index is -0.726. The van der Waals surface area contributed by atoms with Crippen LogP contribution in [0.4, 0.5) is 4.39 Å². The molecule has 0 bridgehead atoms. The third-order valence-electron chi connectivity index (χ3n) is 3.74. The van der Waals surface area contributed by atoms with E-state index < -0.39 is 11.6 Å². The van der Waals surface area contributed by atoms with Crippen LogP contribution >= 0.6 is 0 Å². The van der Waals surface area contributed by atoms with Gasteiger partial charge in [-0.05, 0) is 36.4 Å². The van der Waals surface area contributed by atoms with E-state index in [0.29, 0.717) is 10.9 Å². The van der Waals surface area contributed by atoms with Crippen LogP contribution < -0.4 is 10.4 Å². The highest BCUT2D eigenvalue weighted by molar-refractivity contribution is 5.87. The second-order valence-electron chi connectivity index (χ2n) is 5.65. The molecule has 2 aromatic carbocycles. The molecule has 0 N–H and O–H groups in total. The molecular weight excluding hydrogens is 355 g/mol. The van der Waals surface area contributed by atoms with Crippen molar-refractivity contribution in [3.63, 3.8) is 0 Å². The molecule has 0 aliphatic heterocycles. The summed E-state index contributed by atoms with van der Waals surface area (Å²) in [5, 5.41) is 4.33. The summed E-state index contributed by atoms with van der Waals surface area (Å²) < 4.78 is 28.5. The van der Waals surface area contributed by atoms with Crippen molar-refractivity contribution in [2.75, 3.05) is 0 Å². The predicted octanol–water partition coefficient (Wildman–Crippen LogP) is 3.57. The Bertz CT molecular complexity index is 1210. The third-order valence-corrected chi connectivity index (χ3v) is 3.74. The van der Waals surface area contributed by atoms with Crippen molar-refractivity contribution in [1.29, 1.82) is 0 Å². The number of ether oxygens (including phenoxy) is 1. The average molecular weight is 366 g/mol. The van der Waals surface area contributed by atoms with Gasteiger partial charge in [-0.3, -0.25) is 4.79 Å². The minimum absolute atomic E-state index is 0.0390. The standard InChI is InChI=1S/C19H11FN2O5/c1-10(23)25-15-4-2-3-12-9-14(19(24)26-16(12)15)18-21-17(22-27-18)11-5-7-13(20)8-6-11/h2-9H,1H3. The number of halogens is 1. The van der Waals surface area contributed by atoms with Gasteiger partial charge in [0.05, 0.1) is 0 Å². The average Bonchev–Trinajstić information content (AvgIpc) is 3.12. The zero-order valence-electron chi connectivity index (χ0n) is 13.9. The first-order valence-corrected chi connectivity index (χ1v) is 7.86. The number of carbonyl (C=O) groups excluding carboxylic acids is 1. The van der Waals surface area contributed by atoms with Gasteiger partial charge < -0.3 is 13.7 Å². The Balaban J connectivity index is 1.78. The van der Waals surface area contributed by atoms with Crippen molar-refractivity contribution in [1.82, 2.24) is 10.1 Å². The number of rotatable bonds is 3. The molecule has 0 spiro atoms. The van der Waals surface area contributed by atoms with E-state index in [1.807, 2.05) is 0 Å². The summed E-state index contributed by atoms with van der Waals surface area (Å²) in [6.07, 6.45) is 0. The molecule has 0 aliphatic rings. The maximum atomic E-state index is 13.0. The van der Waals surface area contributed by atoms with E-state index in [4.69, 9.17) is 13.7 Å². The normalized spacial score (nSPS) is 10.9. The maximum absolute atomic E-state index is 13.0. The Morgan fingerprint density at radius 3 is 2.67 bits per heavy atom. The monoisotopic (exact) mass is 366 g/mol. The topological polar surface area (TPSA) is 95.4 Å². The molecule has 0 unspecified atom stereocenters. The van der Waals surface area contributed by atoms with Gasteiger partial charge in [0.2, 0.25) is 5.82 Å². The molecule has 0 atom stereocenters. The second-order valence-corrected chi connectivity index (χ2v) is 5.65. The van der Waals surface area contributed by atoms with Crippen LogP contribution in [0, 0.1) is 5.82 Å². The van der Waals surface area contributed by atoms with Crippen LogP contribution in [0.25, 0.3) is 33.8 Å². The quantitative estimate of drug-likeness (QED) is 0.311. The fourth-order valence-corrected chi connectivity index (χ4v) is 2.55. The number of fused-ring (bicyclic) bond motifs is 1. The number of esters is 1. The van der Waals surface area contributed by atoms with Crippen molar-refractivity contribution in [3.8, 4) is 28.6 Å². The number of hydrogen-bond acceptors (Lipinski definition) is 7. The van der Waals surface area contributed by atoms with Crippen molar-refractivity contribution in [2.45, 2.75) is 6.92 Å². The highest BCUT2D eigenvalue weighted by atomic mass is 19.1. The molecule has 0 fully saturated rings. The lowest BCUT2D eigenvalue weighted by Crippen LogP contribution is -2.06. The molecule has 4 rings (SSSR count). The molecule has 0 saturated heterocycles. The minimum Gasteiger partial charge on any atom is -0.423 e. The van der Waals surface area contributed by atoms with E-state index >= 15 is 0 Å². The van der Waals surface area contributed by atoms with Crippen molar-refractivity contribution >= 4 is 16.9 Å². The fraction of sp³-hybridized carbons (Fsp3) is 0.0526. The highest BCUT2D eigenvalue weighted by Gasteiger charge is 2.18. The summed E-state index contributed by atoms with van der Waals surface area (Å²) >= 11 is 0. The van der Waals surface area contributed by atoms with Gasteiger partial charge in [-0.15, -0.1) is 0 Å². The Hall–Kier alpha value is -3.81. The number of benzene rings is 2. The van der Waals surface area contributed by atoms with Gasteiger partial charge >= 0.3 is 11.6 Å². The lowest BCUT2D eigenvalue weighted by Gasteiger charge is -2.04. The van der Waals surface area contributed by atoms with Gasteiger partial charge in [0.15, 0.2) is 11.3 Å². The number of para-hydroxylation sites is 1. The Morgan fingerprint density at radius 2 is 1.93 bits per heavy atom. The Morgan fingerprint density at radius 1 is 1.15 bits per heavy atom. The lowest BCUT2D eigenvalue weighted by molar-refractivity contribution is -0.131. The van der Waals surface area contributed by atoms with Crippen LogP contribution in [0.3, 0.4) is 0 Å². The number of carbonyl (C=O) groups is 1. The molecule has 134 valence electrons. The van der Waals surface area contributed by atoms with Gasteiger partial charge in [0.1, 0.15) is 11.4 Å². The molecule has 2 heterocycles. The summed E-state index contributed by atoms with van der Waals surface area (Å²) in [5.74, 6) is -0.613. The van der Waals surface area contributed by atoms with E-state index in [0.717, 1.165) is 0 Å². The SMILES string of the molecule is CC(=O)Oc1cccc2cc(-c3nc(-c4ccc(F)cc4)no3)c(=O)oc12. The van der Waals surface area contributed by atoms with Crippen LogP contribution in [0.5, 0.6) is 5.75 Å². The van der Waals surface area contributed by atoms with Gasteiger partial charge in [0.25, 0.3) is 5.89 Å². The largest absolute Gasteiger partial charge is 0.423 e. The fourth-order valence-electron chi connectivity index (χ4n) is 2.55. The lowest BCUT2D eigenvalue weighted by atomic mass is 10.1. The van der Waals surface area contributed by atoms with E-state index in [9.17, 15) is 14.0 Å². The summed E-state index contributed by atoms with van der Waals surface area (Å²) in [5.41, 5.74) is 0.00758. The molecule has 2 aromatic heterocycles. The Labute approximate surface area is 151 Å². The highest BCUT2D eigenvalue weighted by Crippen LogP contribution is 2.28. The van der Waals surface area contributed by atoms with Crippen LogP contribution in [-0.2, 0) is 4.79 Å². The molecule has 8 heteroatoms. The van der Waals surface area contributed by atoms with E-state index in [2.05, 4.69) is 10.1 Å². The summed E-state index contributed by atoms with van der Waals surface area (Å²) in [7, 11) is 0. The van der Waals surface area contributed by atoms with Crippen LogP contribution in [0.15, 0.2) is 62.3 Å². The molecule has 0 aliphatic carbocycles. The van der Waals surface area contributed by atoms with Crippen LogP contribution in [0.1, 0.15) is 6.92 Å². The summed E-state index contributed by atoms with van der Waals surface area (Å²) in [4.78, 5) is 27.7. The van der Waals surface area contributed by atoms with Gasteiger partial charge in [-0.2, -0.15) is 4.98 Å². The first-order valence-electron chi connectivity index (χ1n) is 7.86. The third kappa shape index (κ3) is 3.20. The van der Waals surface area contributed by atoms with Crippen LogP contribution in [-0.4, -0.2) is 16.1 Å². The smallest absolute Gasteiger partial charge is 0.349 e. The number of hydrogen-bond donors (Lipinski definition) is 0. The van der Waals surface area contributed by atoms with Gasteiger partial charge in [0, 0.05) is 17.9 Å². The summed E-state index contributed by atoms with van der Waals surface area (Å²) in [6.45, 7) is 1.25. The molecule has 0 radical (unpaired) electrons. The van der Waals surface area contributed by atoms with Gasteiger partial charge in [-0.1, -0.05) is 17.3 Å². The number of aromatic nitrogens is 2. The molecule has 0 amide bonds. The van der Waals surface area contributed by atoms with E-state index in [1.54, 1.807) is 12.1 Å². The zero-order valence-corrected chi connectivity index (χ0v) is 13.9. The van der Waals surface area contributed by atoms with E-state index in [-0.39, 0.29) is 34.4 Å². The molecule has 0 saturated carbocycles. The summed E-state index contributed by atoms with van der Waals surface area (Å²) in [6, 6.07) is 11.9. The number of nitrogens with zero attached hydrogens (tertiary/aromatic N) is 2. The second kappa shape index (κ2) is 6.49. The van der Waals surface area contributed by atoms with Crippen molar-refractivity contribution < 1.29 is 22.9 Å². The molecule has 7 nitrogen and oxygen atoms in total. The maximum Gasteiger partial charge on any atom is 0.349 e. The van der Waals surface area contributed by atoms with Crippen molar-refractivity contribution in [2.24, 2.45) is 0 Å². The first kappa shape index (κ1) is 16.6. The predicted molar refractivity (Wildman–Crippen MR) is 92.5 cm³/mol. The van der Waals surface area contributed by atoms with E-state index in [1.165, 1.54) is 43.3 Å². The molecule has 4 aromatic rings. The van der Waals surface area contributed by atoms with Gasteiger partial charge in [-0.25, -0.2) is 9.18 Å². The molecular formula is C19H11FN2O5. The molecule has 27 heavy (non-hydrogen) atoms. The Kier molecular flexibility index (Phi) is 4.00. The van der Waals surface area contributed by atoms with Crippen LogP contribution in [0.2, 0.25) is 0 Å². The zero-order chi connectivity index (χ0) is 19.0. The first-order chi connectivity index (χ1) is 13.0.